The Hall–Kier alpha value is -1.87. The molecule has 0 aromatic heterocycles. The smallest absolute Gasteiger partial charge is 0.174 e. The maximum atomic E-state index is 13.4. The maximum absolute atomic E-state index is 13.4. The van der Waals surface area contributed by atoms with E-state index in [1.54, 1.807) is 14.2 Å². The fourth-order valence-corrected chi connectivity index (χ4v) is 6.25. The molecule has 178 valence electrons. The minimum atomic E-state index is -0.340. The van der Waals surface area contributed by atoms with Crippen LogP contribution in [0.2, 0.25) is 0 Å². The van der Waals surface area contributed by atoms with Crippen molar-refractivity contribution in [2.24, 2.45) is 0 Å². The molecule has 0 saturated carbocycles. The van der Waals surface area contributed by atoms with Crippen molar-refractivity contribution in [2.45, 2.75) is 57.8 Å². The highest BCUT2D eigenvalue weighted by Crippen LogP contribution is 2.50. The number of hydrogen-bond acceptors (Lipinski definition) is 6. The van der Waals surface area contributed by atoms with Crippen LogP contribution in [-0.2, 0) is 14.3 Å². The van der Waals surface area contributed by atoms with Crippen LogP contribution in [-0.4, -0.2) is 50.4 Å². The first-order valence-corrected chi connectivity index (χ1v) is 12.9. The number of ether oxygens (including phenoxy) is 3. The Morgan fingerprint density at radius 3 is 2.18 bits per heavy atom. The van der Waals surface area contributed by atoms with Crippen LogP contribution in [0.25, 0.3) is 0 Å². The fraction of sp³-hybridized carbons (Fsp3) is 0.538. The predicted octanol–water partition coefficient (Wildman–Crippen LogP) is 5.15. The molecular formula is C26H32INO5. The summed E-state index contributed by atoms with van der Waals surface area (Å²) in [4.78, 5) is 29.1. The standard InChI is InChI=1S/C26H32INO5/c1-4-33-22-15-16(14-17(27)26(22)32-3)23-24-18(8-5-10-20(24)29)28(12-7-13-31-2)19-9-6-11-21(30)25(19)23/h14-15,23H,4-13H2,1-3H3. The SMILES string of the molecule is CCOc1cc(C2C3=C(CCCC3=O)N(CCCOC)C3=C2C(=O)CCC3)cc(I)c1OC. The lowest BCUT2D eigenvalue weighted by Gasteiger charge is -2.44. The monoisotopic (exact) mass is 565 g/mol. The van der Waals surface area contributed by atoms with E-state index in [0.717, 1.165) is 70.3 Å². The van der Waals surface area contributed by atoms with Gasteiger partial charge in [0.1, 0.15) is 0 Å². The summed E-state index contributed by atoms with van der Waals surface area (Å²) in [7, 11) is 3.34. The van der Waals surface area contributed by atoms with Crippen LogP contribution >= 0.6 is 22.6 Å². The number of nitrogens with zero attached hydrogens (tertiary/aromatic N) is 1. The van der Waals surface area contributed by atoms with E-state index in [9.17, 15) is 9.59 Å². The van der Waals surface area contributed by atoms with E-state index in [-0.39, 0.29) is 17.5 Å². The number of rotatable bonds is 8. The highest BCUT2D eigenvalue weighted by atomic mass is 127. The predicted molar refractivity (Wildman–Crippen MR) is 135 cm³/mol. The Bertz CT molecular complexity index is 968. The second-order valence-corrected chi connectivity index (χ2v) is 9.83. The maximum Gasteiger partial charge on any atom is 0.174 e. The number of allylic oxidation sites excluding steroid dienone is 4. The van der Waals surface area contributed by atoms with E-state index >= 15 is 0 Å². The molecule has 0 spiro atoms. The summed E-state index contributed by atoms with van der Waals surface area (Å²) in [6, 6.07) is 4.01. The molecule has 3 aliphatic rings. The molecule has 0 atom stereocenters. The summed E-state index contributed by atoms with van der Waals surface area (Å²) in [6.45, 7) is 3.87. The van der Waals surface area contributed by atoms with Gasteiger partial charge in [0.25, 0.3) is 0 Å². The Balaban J connectivity index is 1.91. The first-order chi connectivity index (χ1) is 16.0. The number of carbonyl (C=O) groups is 2. The highest BCUT2D eigenvalue weighted by Gasteiger charge is 2.43. The van der Waals surface area contributed by atoms with Gasteiger partial charge in [-0.25, -0.2) is 0 Å². The fourth-order valence-electron chi connectivity index (χ4n) is 5.40. The summed E-state index contributed by atoms with van der Waals surface area (Å²) in [5.74, 6) is 1.32. The van der Waals surface area contributed by atoms with Crippen molar-refractivity contribution in [3.8, 4) is 11.5 Å². The molecule has 0 N–H and O–H groups in total. The Morgan fingerprint density at radius 2 is 1.64 bits per heavy atom. The number of hydrogen-bond donors (Lipinski definition) is 0. The van der Waals surface area contributed by atoms with E-state index in [2.05, 4.69) is 27.5 Å². The van der Waals surface area contributed by atoms with Gasteiger partial charge in [0.05, 0.1) is 17.3 Å². The molecule has 1 aliphatic heterocycles. The van der Waals surface area contributed by atoms with Crippen LogP contribution in [0.15, 0.2) is 34.7 Å². The first kappa shape index (κ1) is 24.3. The topological polar surface area (TPSA) is 65.1 Å². The largest absolute Gasteiger partial charge is 0.492 e. The Labute approximate surface area is 209 Å². The molecule has 33 heavy (non-hydrogen) atoms. The van der Waals surface area contributed by atoms with Gasteiger partial charge in [0.2, 0.25) is 0 Å². The van der Waals surface area contributed by atoms with Gasteiger partial charge in [0, 0.05) is 61.6 Å². The summed E-state index contributed by atoms with van der Waals surface area (Å²) in [5, 5.41) is 0. The minimum Gasteiger partial charge on any atom is -0.492 e. The second-order valence-electron chi connectivity index (χ2n) is 8.67. The molecule has 0 saturated heterocycles. The number of Topliss-reactive ketones (excluding diaryl/α,β-unsaturated/α-hetero) is 2. The Kier molecular flexibility index (Phi) is 7.79. The third-order valence-corrected chi connectivity index (χ3v) is 7.49. The van der Waals surface area contributed by atoms with Gasteiger partial charge in [-0.2, -0.15) is 0 Å². The number of ketones is 2. The molecule has 0 fully saturated rings. The van der Waals surface area contributed by atoms with Gasteiger partial charge in [0.15, 0.2) is 23.1 Å². The summed E-state index contributed by atoms with van der Waals surface area (Å²) in [6.07, 6.45) is 5.35. The molecule has 0 unspecified atom stereocenters. The highest BCUT2D eigenvalue weighted by molar-refractivity contribution is 14.1. The van der Waals surface area contributed by atoms with E-state index in [1.807, 2.05) is 19.1 Å². The van der Waals surface area contributed by atoms with E-state index in [1.165, 1.54) is 0 Å². The van der Waals surface area contributed by atoms with Gasteiger partial charge in [-0.05, 0) is 79.3 Å². The van der Waals surface area contributed by atoms with Crippen molar-refractivity contribution in [2.75, 3.05) is 34.0 Å². The van der Waals surface area contributed by atoms with Crippen LogP contribution in [0.5, 0.6) is 11.5 Å². The van der Waals surface area contributed by atoms with Gasteiger partial charge < -0.3 is 19.1 Å². The molecule has 0 radical (unpaired) electrons. The molecular weight excluding hydrogens is 533 g/mol. The number of carbonyl (C=O) groups excluding carboxylic acids is 2. The zero-order valence-electron chi connectivity index (χ0n) is 19.7. The molecule has 6 nitrogen and oxygen atoms in total. The van der Waals surface area contributed by atoms with Gasteiger partial charge in [-0.15, -0.1) is 0 Å². The molecule has 1 aromatic rings. The molecule has 1 heterocycles. The number of halogens is 1. The van der Waals surface area contributed by atoms with Crippen molar-refractivity contribution in [1.82, 2.24) is 4.90 Å². The zero-order chi connectivity index (χ0) is 23.5. The van der Waals surface area contributed by atoms with Gasteiger partial charge in [-0.1, -0.05) is 0 Å². The third-order valence-electron chi connectivity index (χ3n) is 6.69. The van der Waals surface area contributed by atoms with Crippen molar-refractivity contribution in [1.29, 1.82) is 0 Å². The molecule has 0 amide bonds. The number of benzene rings is 1. The normalized spacial score (nSPS) is 19.1. The molecule has 2 aliphatic carbocycles. The third kappa shape index (κ3) is 4.58. The van der Waals surface area contributed by atoms with Crippen LogP contribution in [0.1, 0.15) is 63.4 Å². The first-order valence-electron chi connectivity index (χ1n) is 11.8. The summed E-state index contributed by atoms with van der Waals surface area (Å²) in [5.41, 5.74) is 4.74. The van der Waals surface area contributed by atoms with E-state index < -0.39 is 0 Å². The van der Waals surface area contributed by atoms with Crippen molar-refractivity contribution in [3.05, 3.63) is 43.8 Å². The minimum absolute atomic E-state index is 0.159. The van der Waals surface area contributed by atoms with Crippen molar-refractivity contribution < 1.29 is 23.8 Å². The zero-order valence-corrected chi connectivity index (χ0v) is 21.8. The molecule has 7 heteroatoms. The van der Waals surface area contributed by atoms with E-state index in [0.29, 0.717) is 37.6 Å². The van der Waals surface area contributed by atoms with Crippen LogP contribution in [0, 0.1) is 3.57 Å². The quantitative estimate of drug-likeness (QED) is 0.321. The summed E-state index contributed by atoms with van der Waals surface area (Å²) < 4.78 is 17.7. The number of methoxy groups -OCH3 is 2. The molecule has 1 aromatic carbocycles. The average molecular weight is 565 g/mol. The van der Waals surface area contributed by atoms with Crippen LogP contribution in [0.3, 0.4) is 0 Å². The van der Waals surface area contributed by atoms with Crippen LogP contribution < -0.4 is 9.47 Å². The molecule has 0 bridgehead atoms. The Morgan fingerprint density at radius 1 is 1.00 bits per heavy atom. The van der Waals surface area contributed by atoms with Crippen molar-refractivity contribution >= 4 is 34.2 Å². The van der Waals surface area contributed by atoms with Gasteiger partial charge in [-0.3, -0.25) is 9.59 Å². The summed E-state index contributed by atoms with van der Waals surface area (Å²) >= 11 is 2.25. The van der Waals surface area contributed by atoms with E-state index in [4.69, 9.17) is 14.2 Å². The van der Waals surface area contributed by atoms with Gasteiger partial charge >= 0.3 is 0 Å². The lowest BCUT2D eigenvalue weighted by Crippen LogP contribution is -2.39. The lowest BCUT2D eigenvalue weighted by molar-refractivity contribution is -0.117. The average Bonchev–Trinajstić information content (AvgIpc) is 2.79. The van der Waals surface area contributed by atoms with Crippen LogP contribution in [0.4, 0.5) is 0 Å². The second kappa shape index (κ2) is 10.6. The lowest BCUT2D eigenvalue weighted by atomic mass is 9.71. The van der Waals surface area contributed by atoms with Crippen molar-refractivity contribution in [3.63, 3.8) is 0 Å². The molecule has 4 rings (SSSR count).